The lowest BCUT2D eigenvalue weighted by Crippen LogP contribution is -2.36. The maximum atomic E-state index is 11.1. The SMILES string of the molecule is CC(CN(CCN(C)C)c1ccc(N(C)C)cc1)C(=O)O. The summed E-state index contributed by atoms with van der Waals surface area (Å²) < 4.78 is 0. The van der Waals surface area contributed by atoms with Crippen molar-refractivity contribution in [1.29, 1.82) is 0 Å². The molecular formula is C16H27N3O2. The van der Waals surface area contributed by atoms with Crippen LogP contribution in [0.3, 0.4) is 0 Å². The van der Waals surface area contributed by atoms with Crippen molar-refractivity contribution in [3.8, 4) is 0 Å². The molecule has 0 fully saturated rings. The Kier molecular flexibility index (Phi) is 6.49. The number of carboxylic acids is 1. The van der Waals surface area contributed by atoms with E-state index in [1.54, 1.807) is 6.92 Å². The molecule has 1 rings (SSSR count). The van der Waals surface area contributed by atoms with Crippen molar-refractivity contribution in [1.82, 2.24) is 4.90 Å². The van der Waals surface area contributed by atoms with Gasteiger partial charge in [-0.1, -0.05) is 6.92 Å². The van der Waals surface area contributed by atoms with Gasteiger partial charge in [-0.25, -0.2) is 0 Å². The zero-order valence-electron chi connectivity index (χ0n) is 13.7. The van der Waals surface area contributed by atoms with E-state index in [-0.39, 0.29) is 5.92 Å². The van der Waals surface area contributed by atoms with Crippen molar-refractivity contribution in [2.45, 2.75) is 6.92 Å². The summed E-state index contributed by atoms with van der Waals surface area (Å²) in [7, 11) is 8.05. The minimum atomic E-state index is -0.755. The average Bonchev–Trinajstić information content (AvgIpc) is 2.42. The van der Waals surface area contributed by atoms with Crippen LogP contribution in [-0.4, -0.2) is 63.8 Å². The molecule has 0 aliphatic carbocycles. The number of anilines is 2. The molecule has 0 aromatic heterocycles. The van der Waals surface area contributed by atoms with Crippen molar-refractivity contribution < 1.29 is 9.90 Å². The number of likely N-dealkylation sites (N-methyl/N-ethyl adjacent to an activating group) is 1. The molecule has 0 saturated carbocycles. The number of carboxylic acid groups (broad SMARTS) is 1. The van der Waals surface area contributed by atoms with Gasteiger partial charge in [-0.3, -0.25) is 4.79 Å². The van der Waals surface area contributed by atoms with Crippen LogP contribution < -0.4 is 9.80 Å². The lowest BCUT2D eigenvalue weighted by atomic mass is 10.1. The van der Waals surface area contributed by atoms with Crippen LogP contribution >= 0.6 is 0 Å². The van der Waals surface area contributed by atoms with Gasteiger partial charge in [0, 0.05) is 45.1 Å². The van der Waals surface area contributed by atoms with Gasteiger partial charge in [0.1, 0.15) is 0 Å². The third-order valence-electron chi connectivity index (χ3n) is 3.46. The second-order valence-corrected chi connectivity index (χ2v) is 5.90. The molecule has 0 radical (unpaired) electrons. The number of benzene rings is 1. The van der Waals surface area contributed by atoms with Crippen molar-refractivity contribution >= 4 is 17.3 Å². The Balaban J connectivity index is 2.85. The van der Waals surface area contributed by atoms with Gasteiger partial charge < -0.3 is 19.8 Å². The Labute approximate surface area is 127 Å². The van der Waals surface area contributed by atoms with Gasteiger partial charge in [0.05, 0.1) is 5.92 Å². The standard InChI is InChI=1S/C16H27N3O2/c1-13(16(20)21)12-19(11-10-17(2)3)15-8-6-14(7-9-15)18(4)5/h6-9,13H,10-12H2,1-5H3,(H,20,21). The fourth-order valence-electron chi connectivity index (χ4n) is 2.02. The molecule has 0 aliphatic rings. The largest absolute Gasteiger partial charge is 0.481 e. The Morgan fingerprint density at radius 3 is 2.00 bits per heavy atom. The van der Waals surface area contributed by atoms with Crippen LogP contribution in [0, 0.1) is 5.92 Å². The Hall–Kier alpha value is -1.75. The van der Waals surface area contributed by atoms with Crippen LogP contribution in [0.2, 0.25) is 0 Å². The van der Waals surface area contributed by atoms with Gasteiger partial charge >= 0.3 is 5.97 Å². The van der Waals surface area contributed by atoms with Crippen molar-refractivity contribution in [2.75, 3.05) is 57.6 Å². The first-order valence-electron chi connectivity index (χ1n) is 7.21. The molecular weight excluding hydrogens is 266 g/mol. The first-order chi connectivity index (χ1) is 9.81. The number of carbonyl (C=O) groups is 1. The fraction of sp³-hybridized carbons (Fsp3) is 0.562. The normalized spacial score (nSPS) is 12.3. The van der Waals surface area contributed by atoms with E-state index in [0.717, 1.165) is 24.5 Å². The molecule has 0 spiro atoms. The third kappa shape index (κ3) is 5.63. The average molecular weight is 293 g/mol. The highest BCUT2D eigenvalue weighted by atomic mass is 16.4. The van der Waals surface area contributed by atoms with Crippen LogP contribution in [0.4, 0.5) is 11.4 Å². The summed E-state index contributed by atoms with van der Waals surface area (Å²) in [5.74, 6) is -1.14. The monoisotopic (exact) mass is 293 g/mol. The number of nitrogens with zero attached hydrogens (tertiary/aromatic N) is 3. The number of hydrogen-bond donors (Lipinski definition) is 1. The van der Waals surface area contributed by atoms with E-state index in [1.165, 1.54) is 0 Å². The fourth-order valence-corrected chi connectivity index (χ4v) is 2.02. The summed E-state index contributed by atoms with van der Waals surface area (Å²) >= 11 is 0. The second kappa shape index (κ2) is 7.88. The molecule has 1 N–H and O–H groups in total. The van der Waals surface area contributed by atoms with Crippen molar-refractivity contribution in [3.05, 3.63) is 24.3 Å². The molecule has 1 atom stereocenters. The van der Waals surface area contributed by atoms with E-state index in [1.807, 2.05) is 33.1 Å². The Morgan fingerprint density at radius 1 is 1.05 bits per heavy atom. The molecule has 0 bridgehead atoms. The molecule has 21 heavy (non-hydrogen) atoms. The predicted molar refractivity (Wildman–Crippen MR) is 88.3 cm³/mol. The van der Waals surface area contributed by atoms with Gasteiger partial charge in [-0.05, 0) is 38.4 Å². The summed E-state index contributed by atoms with van der Waals surface area (Å²) in [5.41, 5.74) is 2.20. The maximum absolute atomic E-state index is 11.1. The second-order valence-electron chi connectivity index (χ2n) is 5.90. The summed E-state index contributed by atoms with van der Waals surface area (Å²) in [6, 6.07) is 8.23. The van der Waals surface area contributed by atoms with Crippen molar-refractivity contribution in [2.24, 2.45) is 5.92 Å². The predicted octanol–water partition coefficient (Wildman–Crippen LogP) is 1.84. The molecule has 0 heterocycles. The number of rotatable bonds is 8. The van der Waals surface area contributed by atoms with E-state index < -0.39 is 5.97 Å². The molecule has 0 amide bonds. The molecule has 5 nitrogen and oxygen atoms in total. The van der Waals surface area contributed by atoms with E-state index in [4.69, 9.17) is 5.11 Å². The molecule has 5 heteroatoms. The van der Waals surface area contributed by atoms with Crippen LogP contribution in [0.1, 0.15) is 6.92 Å². The highest BCUT2D eigenvalue weighted by Gasteiger charge is 2.16. The highest BCUT2D eigenvalue weighted by Crippen LogP contribution is 2.20. The first-order valence-corrected chi connectivity index (χ1v) is 7.21. The molecule has 0 aliphatic heterocycles. The number of hydrogen-bond acceptors (Lipinski definition) is 4. The van der Waals surface area contributed by atoms with Crippen LogP contribution in [0.15, 0.2) is 24.3 Å². The lowest BCUT2D eigenvalue weighted by Gasteiger charge is -2.28. The van der Waals surface area contributed by atoms with Gasteiger partial charge in [-0.2, -0.15) is 0 Å². The third-order valence-corrected chi connectivity index (χ3v) is 3.46. The smallest absolute Gasteiger partial charge is 0.308 e. The minimum absolute atomic E-state index is 0.388. The van der Waals surface area contributed by atoms with Crippen LogP contribution in [0.5, 0.6) is 0 Å². The lowest BCUT2D eigenvalue weighted by molar-refractivity contribution is -0.140. The molecule has 0 saturated heterocycles. The zero-order chi connectivity index (χ0) is 16.0. The quantitative estimate of drug-likeness (QED) is 0.792. The molecule has 118 valence electrons. The topological polar surface area (TPSA) is 47.0 Å². The summed E-state index contributed by atoms with van der Waals surface area (Å²) in [4.78, 5) is 17.4. The summed E-state index contributed by atoms with van der Waals surface area (Å²) in [5, 5.41) is 9.13. The van der Waals surface area contributed by atoms with Crippen LogP contribution in [-0.2, 0) is 4.79 Å². The molecule has 1 aromatic carbocycles. The Bertz CT molecular complexity index is 443. The molecule has 1 aromatic rings. The zero-order valence-corrected chi connectivity index (χ0v) is 13.7. The minimum Gasteiger partial charge on any atom is -0.481 e. The van der Waals surface area contributed by atoms with E-state index in [0.29, 0.717) is 6.54 Å². The number of aliphatic carboxylic acids is 1. The first kappa shape index (κ1) is 17.3. The van der Waals surface area contributed by atoms with Gasteiger partial charge in [0.25, 0.3) is 0 Å². The van der Waals surface area contributed by atoms with E-state index >= 15 is 0 Å². The van der Waals surface area contributed by atoms with Gasteiger partial charge in [-0.15, -0.1) is 0 Å². The summed E-state index contributed by atoms with van der Waals surface area (Å²) in [6.07, 6.45) is 0. The van der Waals surface area contributed by atoms with E-state index in [2.05, 4.69) is 34.1 Å². The summed E-state index contributed by atoms with van der Waals surface area (Å²) in [6.45, 7) is 3.97. The Morgan fingerprint density at radius 2 is 1.57 bits per heavy atom. The van der Waals surface area contributed by atoms with Gasteiger partial charge in [0.2, 0.25) is 0 Å². The molecule has 1 unspecified atom stereocenters. The van der Waals surface area contributed by atoms with Crippen molar-refractivity contribution in [3.63, 3.8) is 0 Å². The van der Waals surface area contributed by atoms with E-state index in [9.17, 15) is 4.79 Å². The van der Waals surface area contributed by atoms with Crippen LogP contribution in [0.25, 0.3) is 0 Å². The maximum Gasteiger partial charge on any atom is 0.308 e. The van der Waals surface area contributed by atoms with Gasteiger partial charge in [0.15, 0.2) is 0 Å². The highest BCUT2D eigenvalue weighted by molar-refractivity contribution is 5.70.